The lowest BCUT2D eigenvalue weighted by Gasteiger charge is -2.37. The first-order chi connectivity index (χ1) is 15.0. The predicted octanol–water partition coefficient (Wildman–Crippen LogP) is 4.39. The van der Waals surface area contributed by atoms with Crippen molar-refractivity contribution in [3.63, 3.8) is 0 Å². The van der Waals surface area contributed by atoms with E-state index < -0.39 is 27.1 Å². The zero-order valence-corrected chi connectivity index (χ0v) is 18.7. The first kappa shape index (κ1) is 20.9. The minimum atomic E-state index is -3.48. The number of halogens is 2. The second kappa shape index (κ2) is 6.78. The van der Waals surface area contributed by atoms with Crippen LogP contribution in [0.4, 0.5) is 14.6 Å². The number of hydrogen-bond donors (Lipinski definition) is 1. The quantitative estimate of drug-likeness (QED) is 0.629. The molecule has 5 rings (SSSR count). The summed E-state index contributed by atoms with van der Waals surface area (Å²) in [5, 5.41) is 8.70. The molecule has 0 radical (unpaired) electrons. The van der Waals surface area contributed by atoms with E-state index in [-0.39, 0.29) is 28.4 Å². The molecule has 166 valence electrons. The second-order valence-electron chi connectivity index (χ2n) is 9.13. The van der Waals surface area contributed by atoms with E-state index in [9.17, 15) is 17.2 Å². The third kappa shape index (κ3) is 2.87. The minimum absolute atomic E-state index is 0.106. The van der Waals surface area contributed by atoms with Crippen LogP contribution in [0.15, 0.2) is 42.5 Å². The molecule has 2 aliphatic rings. The van der Waals surface area contributed by atoms with Crippen molar-refractivity contribution >= 4 is 15.8 Å². The molecule has 3 aromatic rings. The van der Waals surface area contributed by atoms with Gasteiger partial charge in [0.2, 0.25) is 10.0 Å². The molecule has 2 bridgehead atoms. The Labute approximate surface area is 185 Å². The van der Waals surface area contributed by atoms with Crippen molar-refractivity contribution in [2.45, 2.75) is 38.0 Å². The van der Waals surface area contributed by atoms with E-state index in [1.54, 1.807) is 18.2 Å². The van der Waals surface area contributed by atoms with E-state index >= 15 is 0 Å². The van der Waals surface area contributed by atoms with Crippen LogP contribution in [0.5, 0.6) is 0 Å². The van der Waals surface area contributed by atoms with E-state index in [0.29, 0.717) is 5.69 Å². The van der Waals surface area contributed by atoms with Crippen LogP contribution in [-0.2, 0) is 15.4 Å². The van der Waals surface area contributed by atoms with Gasteiger partial charge < -0.3 is 0 Å². The Hall–Kier alpha value is -2.94. The molecule has 2 atom stereocenters. The largest absolute Gasteiger partial charge is 0.268 e. The number of rotatable bonds is 4. The van der Waals surface area contributed by atoms with Crippen LogP contribution in [-0.4, -0.2) is 29.9 Å². The van der Waals surface area contributed by atoms with Crippen molar-refractivity contribution in [2.75, 3.05) is 11.0 Å². The molecule has 9 heteroatoms. The first-order valence-corrected chi connectivity index (χ1v) is 12.2. The molecule has 1 fully saturated rings. The highest BCUT2D eigenvalue weighted by atomic mass is 32.2. The molecule has 0 spiro atoms. The van der Waals surface area contributed by atoms with E-state index in [4.69, 9.17) is 0 Å². The number of anilines is 1. The standard InChI is InChI=1S/C23H22F2N4O2S/c1-22(2)14-10-11-23(22,18-8-5-9-19(26-18)29-32(3,30)31)21-13(14)12-17(27-28-21)20-15(24)6-4-7-16(20)25/h4-9,12,14H,10-11H2,1-3H3,(H,26,29)/t14-,23-/m0/s1. The van der Waals surface area contributed by atoms with Crippen LogP contribution in [0.2, 0.25) is 0 Å². The van der Waals surface area contributed by atoms with Gasteiger partial charge in [0.25, 0.3) is 0 Å². The Bertz CT molecular complexity index is 1340. The Morgan fingerprint density at radius 2 is 1.75 bits per heavy atom. The summed E-state index contributed by atoms with van der Waals surface area (Å²) < 4.78 is 54.6. The number of nitrogens with zero attached hydrogens (tertiary/aromatic N) is 3. The van der Waals surface area contributed by atoms with E-state index in [1.807, 2.05) is 6.07 Å². The maximum Gasteiger partial charge on any atom is 0.230 e. The van der Waals surface area contributed by atoms with Crippen LogP contribution in [0.25, 0.3) is 11.3 Å². The monoisotopic (exact) mass is 456 g/mol. The van der Waals surface area contributed by atoms with Crippen LogP contribution in [0, 0.1) is 17.0 Å². The number of hydrogen-bond acceptors (Lipinski definition) is 5. The molecule has 0 amide bonds. The van der Waals surface area contributed by atoms with Crippen molar-refractivity contribution in [3.05, 3.63) is 71.1 Å². The summed E-state index contributed by atoms with van der Waals surface area (Å²) in [5.74, 6) is -1.02. The summed E-state index contributed by atoms with van der Waals surface area (Å²) in [6, 6.07) is 10.7. The van der Waals surface area contributed by atoms with E-state index in [1.165, 1.54) is 18.2 Å². The minimum Gasteiger partial charge on any atom is -0.268 e. The van der Waals surface area contributed by atoms with E-state index in [0.717, 1.165) is 30.4 Å². The van der Waals surface area contributed by atoms with Gasteiger partial charge in [-0.15, -0.1) is 5.10 Å². The Morgan fingerprint density at radius 3 is 2.44 bits per heavy atom. The Morgan fingerprint density at radius 1 is 1.06 bits per heavy atom. The van der Waals surface area contributed by atoms with Crippen molar-refractivity contribution in [2.24, 2.45) is 5.41 Å². The molecule has 0 unspecified atom stereocenters. The molecule has 6 nitrogen and oxygen atoms in total. The molecule has 1 saturated carbocycles. The predicted molar refractivity (Wildman–Crippen MR) is 117 cm³/mol. The van der Waals surface area contributed by atoms with Gasteiger partial charge in [0.05, 0.1) is 34.3 Å². The van der Waals surface area contributed by atoms with Gasteiger partial charge >= 0.3 is 0 Å². The van der Waals surface area contributed by atoms with Crippen molar-refractivity contribution in [1.29, 1.82) is 0 Å². The number of sulfonamides is 1. The van der Waals surface area contributed by atoms with Gasteiger partial charge in [-0.2, -0.15) is 5.10 Å². The maximum atomic E-state index is 14.4. The third-order valence-corrected chi connectivity index (χ3v) is 7.66. The molecule has 1 N–H and O–H groups in total. The number of pyridine rings is 1. The number of aromatic nitrogens is 3. The molecule has 1 aromatic carbocycles. The summed E-state index contributed by atoms with van der Waals surface area (Å²) in [6.45, 7) is 4.27. The van der Waals surface area contributed by atoms with Crippen molar-refractivity contribution in [1.82, 2.24) is 15.2 Å². The zero-order chi connectivity index (χ0) is 22.9. The van der Waals surface area contributed by atoms with Crippen molar-refractivity contribution in [3.8, 4) is 11.3 Å². The Balaban J connectivity index is 1.68. The highest BCUT2D eigenvalue weighted by Crippen LogP contribution is 2.69. The molecule has 2 aromatic heterocycles. The van der Waals surface area contributed by atoms with Gasteiger partial charge in [0.15, 0.2) is 0 Å². The first-order valence-electron chi connectivity index (χ1n) is 10.3. The molecule has 0 saturated heterocycles. The molecular formula is C23H22F2N4O2S. The normalized spacial score (nSPS) is 23.2. The zero-order valence-electron chi connectivity index (χ0n) is 17.9. The van der Waals surface area contributed by atoms with Crippen LogP contribution < -0.4 is 4.72 Å². The van der Waals surface area contributed by atoms with Gasteiger partial charge in [-0.25, -0.2) is 22.2 Å². The fraction of sp³-hybridized carbons (Fsp3) is 0.348. The summed E-state index contributed by atoms with van der Waals surface area (Å²) in [6.07, 6.45) is 2.71. The summed E-state index contributed by atoms with van der Waals surface area (Å²) in [5.41, 5.74) is 1.46. The molecule has 0 aliphatic heterocycles. The topological polar surface area (TPSA) is 84.8 Å². The van der Waals surface area contributed by atoms with Gasteiger partial charge in [-0.1, -0.05) is 26.0 Å². The van der Waals surface area contributed by atoms with Gasteiger partial charge in [-0.3, -0.25) is 4.72 Å². The van der Waals surface area contributed by atoms with Gasteiger partial charge in [-0.05, 0) is 60.1 Å². The second-order valence-corrected chi connectivity index (χ2v) is 10.9. The smallest absolute Gasteiger partial charge is 0.230 e. The molecule has 2 aliphatic carbocycles. The average Bonchev–Trinajstić information content (AvgIpc) is 3.08. The van der Waals surface area contributed by atoms with Gasteiger partial charge in [0, 0.05) is 0 Å². The third-order valence-electron chi connectivity index (χ3n) is 7.08. The van der Waals surface area contributed by atoms with Crippen LogP contribution >= 0.6 is 0 Å². The van der Waals surface area contributed by atoms with Crippen molar-refractivity contribution < 1.29 is 17.2 Å². The molecular weight excluding hydrogens is 434 g/mol. The van der Waals surface area contributed by atoms with Crippen LogP contribution in [0.3, 0.4) is 0 Å². The highest BCUT2D eigenvalue weighted by Gasteiger charge is 2.65. The van der Waals surface area contributed by atoms with Gasteiger partial charge in [0.1, 0.15) is 17.5 Å². The lowest BCUT2D eigenvalue weighted by Crippen LogP contribution is -2.38. The summed E-state index contributed by atoms with van der Waals surface area (Å²) >= 11 is 0. The lowest BCUT2D eigenvalue weighted by molar-refractivity contribution is 0.243. The van der Waals surface area contributed by atoms with Crippen LogP contribution in [0.1, 0.15) is 49.6 Å². The highest BCUT2D eigenvalue weighted by molar-refractivity contribution is 7.92. The lowest BCUT2D eigenvalue weighted by atomic mass is 9.66. The fourth-order valence-corrected chi connectivity index (χ4v) is 6.17. The van der Waals surface area contributed by atoms with E-state index in [2.05, 4.69) is 33.8 Å². The molecule has 2 heterocycles. The summed E-state index contributed by atoms with van der Waals surface area (Å²) in [7, 11) is -3.48. The summed E-state index contributed by atoms with van der Waals surface area (Å²) in [4.78, 5) is 4.64. The SMILES string of the molecule is CC1(C)[C@H]2CC[C@]1(c1cccc(NS(C)(=O)=O)n1)c1nnc(-c3c(F)cccc3F)cc12. The Kier molecular flexibility index (Phi) is 4.43. The molecule has 32 heavy (non-hydrogen) atoms. The number of fused-ring (bicyclic) bond motifs is 5. The fourth-order valence-electron chi connectivity index (χ4n) is 5.68. The average molecular weight is 457 g/mol. The maximum absolute atomic E-state index is 14.4. The number of nitrogens with one attached hydrogen (secondary N) is 1. The number of benzene rings is 1.